The van der Waals surface area contributed by atoms with Crippen molar-refractivity contribution < 1.29 is 13.9 Å². The lowest BCUT2D eigenvalue weighted by Crippen LogP contribution is -2.40. The van der Waals surface area contributed by atoms with Gasteiger partial charge in [0.05, 0.1) is 43.8 Å². The van der Waals surface area contributed by atoms with Crippen molar-refractivity contribution in [1.29, 1.82) is 0 Å². The zero-order valence-electron chi connectivity index (χ0n) is 20.7. The zero-order valence-corrected chi connectivity index (χ0v) is 20.7. The molecule has 0 aromatic carbocycles. The summed E-state index contributed by atoms with van der Waals surface area (Å²) in [4.78, 5) is 24.9. The summed E-state index contributed by atoms with van der Waals surface area (Å²) in [5, 5.41) is 15.2. The van der Waals surface area contributed by atoms with E-state index < -0.39 is 18.1 Å². The Morgan fingerprint density at radius 2 is 2.06 bits per heavy atom. The summed E-state index contributed by atoms with van der Waals surface area (Å²) >= 11 is 0. The Morgan fingerprint density at radius 3 is 2.78 bits per heavy atom. The molecule has 0 spiro atoms. The van der Waals surface area contributed by atoms with E-state index in [0.717, 1.165) is 37.7 Å². The highest BCUT2D eigenvalue weighted by molar-refractivity contribution is 5.87. The molecule has 2 atom stereocenters. The molecular formula is C23H31FN10O2. The number of alkyl halides is 1. The second-order valence-electron chi connectivity index (χ2n) is 9.33. The summed E-state index contributed by atoms with van der Waals surface area (Å²) in [7, 11) is 3.70. The Balaban J connectivity index is 1.44. The van der Waals surface area contributed by atoms with E-state index in [1.165, 1.54) is 0 Å². The van der Waals surface area contributed by atoms with Crippen LogP contribution >= 0.6 is 0 Å². The topological polar surface area (TPSA) is 118 Å². The lowest BCUT2D eigenvalue weighted by Gasteiger charge is -2.28. The zero-order chi connectivity index (χ0) is 25.4. The molecule has 0 aliphatic carbocycles. The van der Waals surface area contributed by atoms with Gasteiger partial charge in [0.15, 0.2) is 11.5 Å². The average molecular weight is 499 g/mol. The molecule has 2 aliphatic rings. The summed E-state index contributed by atoms with van der Waals surface area (Å²) in [6.45, 7) is 7.63. The van der Waals surface area contributed by atoms with Gasteiger partial charge in [0.1, 0.15) is 11.9 Å². The molecule has 36 heavy (non-hydrogen) atoms. The van der Waals surface area contributed by atoms with Gasteiger partial charge in [0, 0.05) is 6.54 Å². The maximum absolute atomic E-state index is 14.7. The molecule has 12 nitrogen and oxygen atoms in total. The van der Waals surface area contributed by atoms with Crippen LogP contribution in [0, 0.1) is 6.92 Å². The first-order valence-corrected chi connectivity index (χ1v) is 12.0. The molecule has 2 aliphatic heterocycles. The van der Waals surface area contributed by atoms with Crippen LogP contribution in [-0.2, 0) is 4.79 Å². The Kier molecular flexibility index (Phi) is 6.48. The van der Waals surface area contributed by atoms with E-state index in [4.69, 9.17) is 4.74 Å². The number of piperidine rings is 1. The van der Waals surface area contributed by atoms with Crippen LogP contribution in [0.5, 0.6) is 5.88 Å². The summed E-state index contributed by atoms with van der Waals surface area (Å²) in [6.07, 6.45) is 5.51. The van der Waals surface area contributed by atoms with E-state index in [1.54, 1.807) is 22.7 Å². The minimum Gasteiger partial charge on any atom is -0.478 e. The Labute approximate surface area is 208 Å². The van der Waals surface area contributed by atoms with Crippen LogP contribution in [0.2, 0.25) is 0 Å². The number of ether oxygens (including phenoxy) is 1. The first-order valence-electron chi connectivity index (χ1n) is 12.0. The molecule has 2 N–H and O–H groups in total. The van der Waals surface area contributed by atoms with Gasteiger partial charge in [0.25, 0.3) is 5.88 Å². The average Bonchev–Trinajstić information content (AvgIpc) is 3.57. The molecule has 0 radical (unpaired) electrons. The predicted molar refractivity (Wildman–Crippen MR) is 133 cm³/mol. The number of hydrogen-bond acceptors (Lipinski definition) is 9. The molecule has 0 bridgehead atoms. The van der Waals surface area contributed by atoms with Crippen LogP contribution in [0.3, 0.4) is 0 Å². The molecule has 5 rings (SSSR count). The highest BCUT2D eigenvalue weighted by atomic mass is 19.1. The van der Waals surface area contributed by atoms with E-state index >= 15 is 0 Å². The number of nitrogens with one attached hydrogen (secondary N) is 2. The van der Waals surface area contributed by atoms with E-state index in [1.807, 2.05) is 17.8 Å². The van der Waals surface area contributed by atoms with E-state index in [9.17, 15) is 9.18 Å². The molecule has 192 valence electrons. The number of aryl methyl sites for hydroxylation is 1. The number of carbonyl (C=O) groups is 1. The first-order chi connectivity index (χ1) is 17.4. The van der Waals surface area contributed by atoms with Gasteiger partial charge in [-0.1, -0.05) is 6.58 Å². The van der Waals surface area contributed by atoms with Gasteiger partial charge in [-0.15, -0.1) is 10.2 Å². The van der Waals surface area contributed by atoms with Crippen molar-refractivity contribution in [3.8, 4) is 5.88 Å². The molecule has 3 aromatic rings. The fourth-order valence-corrected chi connectivity index (χ4v) is 4.69. The van der Waals surface area contributed by atoms with E-state index in [2.05, 4.69) is 49.3 Å². The lowest BCUT2D eigenvalue weighted by molar-refractivity contribution is -0.117. The third-order valence-electron chi connectivity index (χ3n) is 6.77. The van der Waals surface area contributed by atoms with Crippen LogP contribution in [0.25, 0.3) is 5.65 Å². The van der Waals surface area contributed by atoms with Crippen molar-refractivity contribution in [2.24, 2.45) is 0 Å². The molecular weight excluding hydrogens is 467 g/mol. The maximum atomic E-state index is 14.7. The van der Waals surface area contributed by atoms with Crippen molar-refractivity contribution >= 4 is 29.0 Å². The molecule has 1 amide bonds. The smallest absolute Gasteiger partial charge is 0.256 e. The van der Waals surface area contributed by atoms with Gasteiger partial charge >= 0.3 is 0 Å². The minimum atomic E-state index is -1.26. The number of fused-ring (bicyclic) bond motifs is 1. The highest BCUT2D eigenvalue weighted by Gasteiger charge is 2.35. The number of anilines is 3. The van der Waals surface area contributed by atoms with Crippen LogP contribution in [0.1, 0.15) is 24.6 Å². The molecule has 13 heteroatoms. The molecule has 2 fully saturated rings. The van der Waals surface area contributed by atoms with E-state index in [-0.39, 0.29) is 19.1 Å². The van der Waals surface area contributed by atoms with Crippen molar-refractivity contribution in [3.63, 3.8) is 0 Å². The molecule has 0 unspecified atom stereocenters. The third-order valence-corrected chi connectivity index (χ3v) is 6.77. The number of imidazole rings is 1. The van der Waals surface area contributed by atoms with Gasteiger partial charge < -0.3 is 25.2 Å². The Morgan fingerprint density at radius 1 is 1.28 bits per heavy atom. The SMILES string of the molecule is C=CC(=O)N[C@@H]1CN(c2nc(Nc3cn(C4CCN(C)CC4)nc3OC)c3ncc(C)n3n2)C[C@H]1F. The molecule has 3 aromatic heterocycles. The number of likely N-dealkylation sites (tertiary alicyclic amines) is 1. The van der Waals surface area contributed by atoms with Crippen LogP contribution in [0.15, 0.2) is 25.0 Å². The van der Waals surface area contributed by atoms with Crippen molar-refractivity contribution in [3.05, 3.63) is 30.7 Å². The highest BCUT2D eigenvalue weighted by Crippen LogP contribution is 2.32. The van der Waals surface area contributed by atoms with Gasteiger partial charge in [-0.2, -0.15) is 4.98 Å². The van der Waals surface area contributed by atoms with Crippen LogP contribution in [0.4, 0.5) is 21.8 Å². The van der Waals surface area contributed by atoms with E-state index in [0.29, 0.717) is 29.0 Å². The predicted octanol–water partition coefficient (Wildman–Crippen LogP) is 1.48. The third kappa shape index (κ3) is 4.57. The monoisotopic (exact) mass is 498 g/mol. The summed E-state index contributed by atoms with van der Waals surface area (Å²) in [5.41, 5.74) is 1.99. The summed E-state index contributed by atoms with van der Waals surface area (Å²) in [5.74, 6) is 0.809. The van der Waals surface area contributed by atoms with Crippen molar-refractivity contribution in [1.82, 2.24) is 39.6 Å². The number of hydrogen-bond donors (Lipinski definition) is 2. The molecule has 2 saturated heterocycles. The minimum absolute atomic E-state index is 0.0537. The maximum Gasteiger partial charge on any atom is 0.256 e. The lowest BCUT2D eigenvalue weighted by atomic mass is 10.1. The second-order valence-corrected chi connectivity index (χ2v) is 9.33. The Bertz CT molecular complexity index is 1270. The van der Waals surface area contributed by atoms with Crippen LogP contribution in [-0.4, -0.2) is 92.7 Å². The molecule has 0 saturated carbocycles. The van der Waals surface area contributed by atoms with Gasteiger partial charge in [0.2, 0.25) is 11.9 Å². The van der Waals surface area contributed by atoms with Gasteiger partial charge in [-0.3, -0.25) is 9.48 Å². The number of nitrogens with zero attached hydrogens (tertiary/aromatic N) is 8. The standard InChI is InChI=1S/C23H31FN10O2/c1-5-19(35)26-17-12-32(11-16(17)24)23-28-20(21-25-10-14(2)34(21)30-23)27-18-13-33(29-22(18)36-4)15-6-8-31(3)9-7-15/h5,10,13,15-17H,1,6-9,11-12H2,2-4H3,(H,26,35)(H,27,28,30)/t16-,17-/m1/s1. The second kappa shape index (κ2) is 9.72. The first kappa shape index (κ1) is 24.0. The number of halogens is 1. The number of methoxy groups -OCH3 is 1. The number of amides is 1. The van der Waals surface area contributed by atoms with Crippen molar-refractivity contribution in [2.45, 2.75) is 38.0 Å². The molecule has 5 heterocycles. The van der Waals surface area contributed by atoms with Gasteiger partial charge in [-0.05, 0) is 46.0 Å². The van der Waals surface area contributed by atoms with Gasteiger partial charge in [-0.25, -0.2) is 13.9 Å². The summed E-state index contributed by atoms with van der Waals surface area (Å²) in [6, 6.07) is -0.392. The number of carbonyl (C=O) groups excluding carboxylic acids is 1. The van der Waals surface area contributed by atoms with Crippen LogP contribution < -0.4 is 20.3 Å². The quantitative estimate of drug-likeness (QED) is 0.467. The normalized spacial score (nSPS) is 21.2. The Hall–Kier alpha value is -3.74. The van der Waals surface area contributed by atoms with Crippen molar-refractivity contribution in [2.75, 3.05) is 50.6 Å². The number of aromatic nitrogens is 6. The fourth-order valence-electron chi connectivity index (χ4n) is 4.69. The fraction of sp³-hybridized carbons (Fsp3) is 0.522. The largest absolute Gasteiger partial charge is 0.478 e. The number of rotatable bonds is 7. The summed E-state index contributed by atoms with van der Waals surface area (Å²) < 4.78 is 23.9.